The summed E-state index contributed by atoms with van der Waals surface area (Å²) in [6.07, 6.45) is 1.26. The van der Waals surface area contributed by atoms with E-state index in [1.54, 1.807) is 12.1 Å². The Labute approximate surface area is 144 Å². The van der Waals surface area contributed by atoms with Crippen LogP contribution in [0.4, 0.5) is 5.69 Å². The molecular formula is C18H15ClN2O3. The number of anilines is 1. The van der Waals surface area contributed by atoms with Crippen molar-refractivity contribution in [2.24, 2.45) is 0 Å². The fourth-order valence-electron chi connectivity index (χ4n) is 2.07. The first-order chi connectivity index (χ1) is 11.5. The maximum absolute atomic E-state index is 12.3. The summed E-state index contributed by atoms with van der Waals surface area (Å²) in [5, 5.41) is 22.4. The van der Waals surface area contributed by atoms with Crippen molar-refractivity contribution in [1.82, 2.24) is 0 Å². The van der Waals surface area contributed by atoms with Crippen LogP contribution in [0.3, 0.4) is 0 Å². The number of halogens is 1. The number of hydrogen-bond donors (Lipinski definition) is 2. The number of ether oxygens (including phenoxy) is 1. The monoisotopic (exact) mass is 342 g/mol. The summed E-state index contributed by atoms with van der Waals surface area (Å²) in [4.78, 5) is 12.3. The smallest absolute Gasteiger partial charge is 0.266 e. The van der Waals surface area contributed by atoms with Crippen molar-refractivity contribution in [1.29, 1.82) is 5.26 Å². The van der Waals surface area contributed by atoms with Gasteiger partial charge in [-0.15, -0.1) is 0 Å². The number of aromatic hydroxyl groups is 1. The average molecular weight is 343 g/mol. The van der Waals surface area contributed by atoms with Gasteiger partial charge in [-0.1, -0.05) is 29.8 Å². The van der Waals surface area contributed by atoms with Crippen LogP contribution in [0.5, 0.6) is 11.5 Å². The third kappa shape index (κ3) is 3.86. The number of hydrogen-bond acceptors (Lipinski definition) is 4. The summed E-state index contributed by atoms with van der Waals surface area (Å²) in [5.41, 5.74) is 1.53. The zero-order chi connectivity index (χ0) is 17.7. The van der Waals surface area contributed by atoms with Gasteiger partial charge >= 0.3 is 0 Å². The lowest BCUT2D eigenvalue weighted by molar-refractivity contribution is -0.112. The van der Waals surface area contributed by atoms with Crippen molar-refractivity contribution in [2.45, 2.75) is 6.92 Å². The van der Waals surface area contributed by atoms with E-state index in [4.69, 9.17) is 16.3 Å². The molecule has 0 spiro atoms. The summed E-state index contributed by atoms with van der Waals surface area (Å²) < 4.78 is 5.01. The standard InChI is InChI=1S/C18H15ClN2O3/c1-11-5-3-4-6-15(11)21-18(23)13(10-20)7-12-8-14(19)9-16(24-2)17(12)22/h3-9,22H,1-2H3,(H,21,23)/b13-7-. The van der Waals surface area contributed by atoms with E-state index in [9.17, 15) is 15.2 Å². The van der Waals surface area contributed by atoms with Crippen LogP contribution in [0.25, 0.3) is 6.08 Å². The van der Waals surface area contributed by atoms with Gasteiger partial charge in [-0.2, -0.15) is 5.26 Å². The second-order valence-electron chi connectivity index (χ2n) is 4.98. The molecule has 0 unspecified atom stereocenters. The van der Waals surface area contributed by atoms with Gasteiger partial charge in [-0.3, -0.25) is 4.79 Å². The zero-order valence-corrected chi connectivity index (χ0v) is 13.9. The van der Waals surface area contributed by atoms with Crippen LogP contribution in [-0.2, 0) is 4.79 Å². The van der Waals surface area contributed by atoms with Gasteiger partial charge in [0.1, 0.15) is 11.6 Å². The number of phenolic OH excluding ortho intramolecular Hbond substituents is 1. The second kappa shape index (κ2) is 7.53. The van der Waals surface area contributed by atoms with Crippen molar-refractivity contribution < 1.29 is 14.6 Å². The van der Waals surface area contributed by atoms with Gasteiger partial charge in [0.15, 0.2) is 11.5 Å². The van der Waals surface area contributed by atoms with E-state index in [0.717, 1.165) is 5.56 Å². The number of nitrogens with one attached hydrogen (secondary N) is 1. The highest BCUT2D eigenvalue weighted by atomic mass is 35.5. The Balaban J connectivity index is 2.37. The van der Waals surface area contributed by atoms with Crippen LogP contribution in [-0.4, -0.2) is 18.1 Å². The first-order valence-corrected chi connectivity index (χ1v) is 7.39. The molecule has 6 heteroatoms. The van der Waals surface area contributed by atoms with E-state index in [-0.39, 0.29) is 22.6 Å². The minimum atomic E-state index is -0.579. The van der Waals surface area contributed by atoms with E-state index in [1.807, 2.05) is 25.1 Å². The molecule has 0 atom stereocenters. The molecule has 0 saturated carbocycles. The molecule has 0 aliphatic heterocycles. The lowest BCUT2D eigenvalue weighted by Gasteiger charge is -2.09. The molecule has 0 bridgehead atoms. The van der Waals surface area contributed by atoms with Crippen molar-refractivity contribution in [2.75, 3.05) is 12.4 Å². The number of para-hydroxylation sites is 1. The van der Waals surface area contributed by atoms with Crippen LogP contribution in [0.1, 0.15) is 11.1 Å². The van der Waals surface area contributed by atoms with Gasteiger partial charge < -0.3 is 15.2 Å². The maximum Gasteiger partial charge on any atom is 0.266 e. The number of nitrogens with zero attached hydrogens (tertiary/aromatic N) is 1. The quantitative estimate of drug-likeness (QED) is 0.652. The summed E-state index contributed by atoms with van der Waals surface area (Å²) >= 11 is 5.95. The number of carbonyl (C=O) groups is 1. The van der Waals surface area contributed by atoms with Crippen molar-refractivity contribution in [3.05, 3.63) is 58.1 Å². The van der Waals surface area contributed by atoms with Gasteiger partial charge in [0.05, 0.1) is 7.11 Å². The van der Waals surface area contributed by atoms with Gasteiger partial charge in [-0.05, 0) is 30.7 Å². The number of benzene rings is 2. The molecule has 0 aromatic heterocycles. The molecule has 0 aliphatic carbocycles. The molecule has 0 saturated heterocycles. The number of methoxy groups -OCH3 is 1. The Kier molecular flexibility index (Phi) is 5.46. The van der Waals surface area contributed by atoms with E-state index in [1.165, 1.54) is 25.3 Å². The number of amides is 1. The Morgan fingerprint density at radius 1 is 1.38 bits per heavy atom. The summed E-state index contributed by atoms with van der Waals surface area (Å²) in [5.74, 6) is -0.617. The molecule has 2 N–H and O–H groups in total. The Hall–Kier alpha value is -2.97. The number of carbonyl (C=O) groups excluding carboxylic acids is 1. The predicted molar refractivity (Wildman–Crippen MR) is 93.1 cm³/mol. The fraction of sp³-hybridized carbons (Fsp3) is 0.111. The first kappa shape index (κ1) is 17.4. The van der Waals surface area contributed by atoms with Gasteiger partial charge in [0, 0.05) is 22.3 Å². The molecule has 0 radical (unpaired) electrons. The highest BCUT2D eigenvalue weighted by molar-refractivity contribution is 6.31. The molecular weight excluding hydrogens is 328 g/mol. The van der Waals surface area contributed by atoms with E-state index >= 15 is 0 Å². The van der Waals surface area contributed by atoms with Crippen molar-refractivity contribution >= 4 is 29.3 Å². The molecule has 5 nitrogen and oxygen atoms in total. The van der Waals surface area contributed by atoms with Crippen LogP contribution >= 0.6 is 11.6 Å². The van der Waals surface area contributed by atoms with Crippen LogP contribution in [0.2, 0.25) is 5.02 Å². The highest BCUT2D eigenvalue weighted by Gasteiger charge is 2.14. The lowest BCUT2D eigenvalue weighted by atomic mass is 10.1. The molecule has 0 aliphatic rings. The number of nitriles is 1. The topological polar surface area (TPSA) is 82.3 Å². The molecule has 2 aromatic carbocycles. The minimum absolute atomic E-state index is 0.158. The van der Waals surface area contributed by atoms with Crippen molar-refractivity contribution in [3.8, 4) is 17.6 Å². The number of phenols is 1. The largest absolute Gasteiger partial charge is 0.504 e. The lowest BCUT2D eigenvalue weighted by Crippen LogP contribution is -2.14. The molecule has 0 fully saturated rings. The third-order valence-electron chi connectivity index (χ3n) is 3.35. The van der Waals surface area contributed by atoms with E-state index in [0.29, 0.717) is 10.7 Å². The fourth-order valence-corrected chi connectivity index (χ4v) is 2.28. The Morgan fingerprint density at radius 3 is 2.71 bits per heavy atom. The molecule has 24 heavy (non-hydrogen) atoms. The van der Waals surface area contributed by atoms with Gasteiger partial charge in [0.25, 0.3) is 5.91 Å². The molecule has 0 heterocycles. The number of rotatable bonds is 4. The van der Waals surface area contributed by atoms with Gasteiger partial charge in [0.2, 0.25) is 0 Å². The first-order valence-electron chi connectivity index (χ1n) is 7.01. The predicted octanol–water partition coefficient (Wildman–Crippen LogP) is 3.91. The Morgan fingerprint density at radius 2 is 2.08 bits per heavy atom. The van der Waals surface area contributed by atoms with Crippen LogP contribution in [0, 0.1) is 18.3 Å². The number of aryl methyl sites for hydroxylation is 1. The summed E-state index contributed by atoms with van der Waals surface area (Å²) in [7, 11) is 1.38. The third-order valence-corrected chi connectivity index (χ3v) is 3.57. The normalized spacial score (nSPS) is 10.8. The zero-order valence-electron chi connectivity index (χ0n) is 13.1. The summed E-state index contributed by atoms with van der Waals surface area (Å²) in [6, 6.07) is 11.9. The second-order valence-corrected chi connectivity index (χ2v) is 5.42. The van der Waals surface area contributed by atoms with Crippen molar-refractivity contribution in [3.63, 3.8) is 0 Å². The Bertz CT molecular complexity index is 854. The SMILES string of the molecule is COc1cc(Cl)cc(/C=C(/C#N)C(=O)Nc2ccccc2C)c1O. The molecule has 2 rings (SSSR count). The highest BCUT2D eigenvalue weighted by Crippen LogP contribution is 2.34. The maximum atomic E-state index is 12.3. The van der Waals surface area contributed by atoms with Gasteiger partial charge in [-0.25, -0.2) is 0 Å². The summed E-state index contributed by atoms with van der Waals surface area (Å²) in [6.45, 7) is 1.85. The molecule has 122 valence electrons. The minimum Gasteiger partial charge on any atom is -0.504 e. The molecule has 2 aromatic rings. The molecule has 1 amide bonds. The van der Waals surface area contributed by atoms with E-state index < -0.39 is 5.91 Å². The van der Waals surface area contributed by atoms with Crippen LogP contribution in [0.15, 0.2) is 42.0 Å². The van der Waals surface area contributed by atoms with Crippen LogP contribution < -0.4 is 10.1 Å². The van der Waals surface area contributed by atoms with E-state index in [2.05, 4.69) is 5.32 Å². The average Bonchev–Trinajstić information content (AvgIpc) is 2.57.